The van der Waals surface area contributed by atoms with Crippen molar-refractivity contribution in [2.75, 3.05) is 6.61 Å². The Kier molecular flexibility index (Phi) is 7.89. The van der Waals surface area contributed by atoms with E-state index < -0.39 is 73.1 Å². The van der Waals surface area contributed by atoms with Gasteiger partial charge in [0.25, 0.3) is 6.04 Å². The van der Waals surface area contributed by atoms with Gasteiger partial charge in [-0.1, -0.05) is 0 Å². The van der Waals surface area contributed by atoms with Crippen LogP contribution >= 0.6 is 0 Å². The van der Waals surface area contributed by atoms with Crippen LogP contribution in [0.15, 0.2) is 35.6 Å². The number of fused-ring (bicyclic) bond motifs is 1. The van der Waals surface area contributed by atoms with Gasteiger partial charge < -0.3 is 55.6 Å². The zero-order valence-electron chi connectivity index (χ0n) is 20.1. The largest absolute Gasteiger partial charge is 0.504 e. The van der Waals surface area contributed by atoms with E-state index in [1.165, 1.54) is 35.1 Å². The molecule has 0 aromatic heterocycles. The first-order valence-corrected chi connectivity index (χ1v) is 11.7. The van der Waals surface area contributed by atoms with Gasteiger partial charge in [-0.15, -0.1) is 0 Å². The number of aliphatic hydroxyl groups excluding tert-OH is 4. The Morgan fingerprint density at radius 1 is 1.05 bits per heavy atom. The molecule has 0 bridgehead atoms. The van der Waals surface area contributed by atoms with Crippen molar-refractivity contribution in [3.63, 3.8) is 0 Å². The van der Waals surface area contributed by atoms with Gasteiger partial charge in [0.05, 0.1) is 19.1 Å². The number of phenolic OH excluding ortho intramolecular Hbond substituents is 1. The van der Waals surface area contributed by atoms with Crippen molar-refractivity contribution in [1.82, 2.24) is 5.32 Å². The maximum atomic E-state index is 12.0. The third-order valence-electron chi connectivity index (χ3n) is 6.64. The molecule has 0 aliphatic carbocycles. The highest BCUT2D eigenvalue weighted by Crippen LogP contribution is 2.40. The molecule has 39 heavy (non-hydrogen) atoms. The number of carbonyl (C=O) groups is 3. The Labute approximate surface area is 219 Å². The van der Waals surface area contributed by atoms with Crippen molar-refractivity contribution in [2.24, 2.45) is 0 Å². The molecular formula is C24H27N2O13+. The summed E-state index contributed by atoms with van der Waals surface area (Å²) in [5.74, 6) is -4.55. The monoisotopic (exact) mass is 551 g/mol. The molecule has 1 aromatic rings. The number of benzene rings is 1. The molecule has 0 spiro atoms. The fraction of sp³-hybridized carbons (Fsp3) is 0.417. The molecule has 7 atom stereocenters. The van der Waals surface area contributed by atoms with Gasteiger partial charge in [-0.05, 0) is 17.7 Å². The Morgan fingerprint density at radius 3 is 2.38 bits per heavy atom. The Bertz CT molecular complexity index is 1270. The minimum atomic E-state index is -1.73. The maximum absolute atomic E-state index is 12.0. The summed E-state index contributed by atoms with van der Waals surface area (Å²) < 4.78 is 12.1. The van der Waals surface area contributed by atoms with Crippen molar-refractivity contribution < 1.29 is 69.3 Å². The maximum Gasteiger partial charge on any atom is 0.373 e. The van der Waals surface area contributed by atoms with Crippen LogP contribution in [0.1, 0.15) is 12.0 Å². The molecule has 210 valence electrons. The molecule has 2 unspecified atom stereocenters. The van der Waals surface area contributed by atoms with Gasteiger partial charge in [0.15, 0.2) is 17.7 Å². The lowest BCUT2D eigenvalue weighted by atomic mass is 9.99. The molecule has 3 aliphatic rings. The van der Waals surface area contributed by atoms with Crippen molar-refractivity contribution in [3.8, 4) is 11.5 Å². The highest BCUT2D eigenvalue weighted by atomic mass is 16.7. The second kappa shape index (κ2) is 11.0. The topological polar surface area (TPSA) is 247 Å². The van der Waals surface area contributed by atoms with Crippen LogP contribution < -0.4 is 10.1 Å². The van der Waals surface area contributed by atoms with E-state index in [2.05, 4.69) is 5.32 Å². The van der Waals surface area contributed by atoms with Crippen LogP contribution in [0.25, 0.3) is 0 Å². The molecule has 3 heterocycles. The number of rotatable bonds is 7. The summed E-state index contributed by atoms with van der Waals surface area (Å²) in [5.41, 5.74) is 0.648. The molecule has 1 saturated heterocycles. The first kappa shape index (κ1) is 28.0. The zero-order valence-corrected chi connectivity index (χ0v) is 20.1. The average Bonchev–Trinajstić information content (AvgIpc) is 3.24. The van der Waals surface area contributed by atoms with Crippen LogP contribution in [0.3, 0.4) is 0 Å². The Morgan fingerprint density at radius 2 is 1.77 bits per heavy atom. The molecule has 1 aromatic carbocycles. The van der Waals surface area contributed by atoms with Gasteiger partial charge in [-0.3, -0.25) is 0 Å². The molecule has 0 radical (unpaired) electrons. The first-order valence-electron chi connectivity index (χ1n) is 11.7. The zero-order chi connectivity index (χ0) is 28.6. The van der Waals surface area contributed by atoms with Crippen LogP contribution in [0, 0.1) is 0 Å². The molecule has 4 rings (SSSR count). The van der Waals surface area contributed by atoms with E-state index in [0.29, 0.717) is 11.1 Å². The molecule has 0 saturated carbocycles. The molecule has 9 N–H and O–H groups in total. The number of ether oxygens (including phenoxy) is 2. The van der Waals surface area contributed by atoms with Gasteiger partial charge in [0, 0.05) is 18.1 Å². The van der Waals surface area contributed by atoms with Crippen LogP contribution in [-0.4, -0.2) is 119 Å². The van der Waals surface area contributed by atoms with E-state index in [9.17, 15) is 55.2 Å². The van der Waals surface area contributed by atoms with Crippen molar-refractivity contribution >= 4 is 29.8 Å². The fourth-order valence-electron chi connectivity index (χ4n) is 4.58. The number of carboxylic acid groups (broad SMARTS) is 3. The van der Waals surface area contributed by atoms with Gasteiger partial charge in [0.1, 0.15) is 36.2 Å². The summed E-state index contributed by atoms with van der Waals surface area (Å²) in [6, 6.07) is 0.177. The summed E-state index contributed by atoms with van der Waals surface area (Å²) in [5, 5.41) is 80.9. The van der Waals surface area contributed by atoms with E-state index in [4.69, 9.17) is 9.47 Å². The van der Waals surface area contributed by atoms with Gasteiger partial charge in [0.2, 0.25) is 12.0 Å². The van der Waals surface area contributed by atoms with E-state index >= 15 is 0 Å². The number of hydrogen-bond donors (Lipinski definition) is 9. The molecule has 1 fully saturated rings. The third kappa shape index (κ3) is 5.57. The van der Waals surface area contributed by atoms with Gasteiger partial charge in [-0.2, -0.15) is 4.58 Å². The van der Waals surface area contributed by atoms with Crippen LogP contribution in [0.5, 0.6) is 11.5 Å². The highest BCUT2D eigenvalue weighted by Gasteiger charge is 2.46. The molecule has 3 aliphatic heterocycles. The van der Waals surface area contributed by atoms with Crippen molar-refractivity contribution in [2.45, 2.75) is 55.6 Å². The number of hydrogen-bond acceptors (Lipinski definition) is 11. The number of aliphatic hydroxyl groups is 4. The predicted molar refractivity (Wildman–Crippen MR) is 127 cm³/mol. The normalized spacial score (nSPS) is 32.3. The van der Waals surface area contributed by atoms with Crippen molar-refractivity contribution in [3.05, 3.63) is 41.1 Å². The third-order valence-corrected chi connectivity index (χ3v) is 6.64. The summed E-state index contributed by atoms with van der Waals surface area (Å²) in [4.78, 5) is 34.8. The van der Waals surface area contributed by atoms with E-state index in [0.717, 1.165) is 0 Å². The SMILES string of the molecule is O=C(O)C1=C/C(=C/C=[N+]2c3cc(O)c(O[C@H]4OC(CO)[C@@H](O)[C@@H](O)C4O)cc3C[C@@H]2C(=O)O)C[C@H](C(=O)O)N1. The molecule has 0 amide bonds. The van der Waals surface area contributed by atoms with Gasteiger partial charge >= 0.3 is 17.9 Å². The number of allylic oxidation sites excluding steroid dienone is 2. The van der Waals surface area contributed by atoms with Crippen LogP contribution in [-0.2, 0) is 25.5 Å². The Balaban J connectivity index is 1.66. The molecule has 15 nitrogen and oxygen atoms in total. The van der Waals surface area contributed by atoms with Crippen LogP contribution in [0.4, 0.5) is 5.69 Å². The lowest BCUT2D eigenvalue weighted by molar-refractivity contribution is -0.456. The summed E-state index contributed by atoms with van der Waals surface area (Å²) in [7, 11) is 0. The van der Waals surface area contributed by atoms with E-state index in [1.54, 1.807) is 0 Å². The smallest absolute Gasteiger partial charge is 0.373 e. The summed E-state index contributed by atoms with van der Waals surface area (Å²) in [6.07, 6.45) is -4.03. The second-order valence-electron chi connectivity index (χ2n) is 9.22. The van der Waals surface area contributed by atoms with E-state index in [1.807, 2.05) is 0 Å². The van der Waals surface area contributed by atoms with E-state index in [-0.39, 0.29) is 30.0 Å². The predicted octanol–water partition coefficient (Wildman–Crippen LogP) is -2.36. The minimum Gasteiger partial charge on any atom is -0.504 e. The number of phenols is 1. The second-order valence-corrected chi connectivity index (χ2v) is 9.22. The summed E-state index contributed by atoms with van der Waals surface area (Å²) >= 11 is 0. The lowest BCUT2D eigenvalue weighted by Crippen LogP contribution is -2.60. The number of carboxylic acids is 3. The van der Waals surface area contributed by atoms with Crippen LogP contribution in [0.2, 0.25) is 0 Å². The van der Waals surface area contributed by atoms with Gasteiger partial charge in [-0.25, -0.2) is 14.4 Å². The van der Waals surface area contributed by atoms with Crippen molar-refractivity contribution in [1.29, 1.82) is 0 Å². The number of aliphatic carboxylic acids is 3. The quantitative estimate of drug-likeness (QED) is 0.161. The number of aromatic hydroxyl groups is 1. The minimum absolute atomic E-state index is 0.0504. The molecule has 15 heteroatoms. The number of nitrogens with zero attached hydrogens (tertiary/aromatic N) is 1. The highest BCUT2D eigenvalue weighted by molar-refractivity contribution is 5.89. The summed E-state index contributed by atoms with van der Waals surface area (Å²) in [6.45, 7) is -0.687. The fourth-order valence-corrected chi connectivity index (χ4v) is 4.58. The first-order chi connectivity index (χ1) is 18.4. The standard InChI is InChI=1S/C24H26N2O13/c27-8-17-18(29)19(30)20(31)24(39-17)38-16-6-10-5-14(23(36)37)26(13(10)7-15(16)28)2-1-9-3-11(21(32)33)25-12(4-9)22(34)35/h1-3,6-7,12,14,17-20,24,27,29-31H,4-5,8H2,(H4,28,32,33,34,35,36,37)/p+1/t12-,14-,17?,18-,19-,20?,24+/m1/s1. The average molecular weight is 551 g/mol. The molecular weight excluding hydrogens is 524 g/mol. The lowest BCUT2D eigenvalue weighted by Gasteiger charge is -2.39. The number of nitrogens with one attached hydrogen (secondary N) is 1. The Hall–Kier alpha value is -4.02.